The molecule has 0 aromatic carbocycles. The van der Waals surface area contributed by atoms with E-state index in [0.29, 0.717) is 6.04 Å². The van der Waals surface area contributed by atoms with E-state index in [4.69, 9.17) is 4.42 Å². The van der Waals surface area contributed by atoms with Gasteiger partial charge in [0.25, 0.3) is 0 Å². The molecule has 1 aromatic heterocycles. The van der Waals surface area contributed by atoms with Gasteiger partial charge >= 0.3 is 0 Å². The molecule has 1 unspecified atom stereocenters. The summed E-state index contributed by atoms with van der Waals surface area (Å²) in [6.45, 7) is 7.10. The Hall–Kier alpha value is -1.29. The quantitative estimate of drug-likeness (QED) is 0.869. The lowest BCUT2D eigenvalue weighted by molar-refractivity contribution is -0.126. The molecule has 4 heteroatoms. The Morgan fingerprint density at radius 1 is 1.55 bits per heavy atom. The van der Waals surface area contributed by atoms with E-state index in [9.17, 15) is 4.79 Å². The Labute approximate surface area is 121 Å². The predicted molar refractivity (Wildman–Crippen MR) is 79.6 cm³/mol. The maximum atomic E-state index is 12.2. The summed E-state index contributed by atoms with van der Waals surface area (Å²) in [5.74, 6) is 2.32. The van der Waals surface area contributed by atoms with Crippen LogP contribution in [0.2, 0.25) is 0 Å². The first kappa shape index (κ1) is 15.1. The molecule has 2 N–H and O–H groups in total. The third-order valence-electron chi connectivity index (χ3n) is 4.00. The van der Waals surface area contributed by atoms with Crippen molar-refractivity contribution >= 4 is 5.91 Å². The van der Waals surface area contributed by atoms with Gasteiger partial charge in [-0.2, -0.15) is 0 Å². The van der Waals surface area contributed by atoms with E-state index in [1.54, 1.807) is 0 Å². The van der Waals surface area contributed by atoms with Crippen LogP contribution in [0, 0.1) is 12.8 Å². The fraction of sp³-hybridized carbons (Fsp3) is 0.688. The van der Waals surface area contributed by atoms with Crippen LogP contribution in [0.1, 0.15) is 44.6 Å². The van der Waals surface area contributed by atoms with Gasteiger partial charge in [-0.25, -0.2) is 0 Å². The number of hydrogen-bond acceptors (Lipinski definition) is 3. The standard InChI is InChI=1S/C16H26N2O2/c1-11(4-6-15-7-5-13(3)20-15)18-16(19)14-8-9-17-12(2)10-14/h5,7,11-12,14,17H,4,6,8-10H2,1-3H3,(H,18,19)/t11?,12-,14-/m0/s1. The molecule has 0 spiro atoms. The SMILES string of the molecule is Cc1ccc(CCC(C)NC(=O)[C@H]2CCN[C@@H](C)C2)o1. The van der Waals surface area contributed by atoms with Crippen molar-refractivity contribution in [3.05, 3.63) is 23.7 Å². The summed E-state index contributed by atoms with van der Waals surface area (Å²) in [4.78, 5) is 12.2. The zero-order chi connectivity index (χ0) is 14.5. The van der Waals surface area contributed by atoms with Gasteiger partial charge in [-0.3, -0.25) is 4.79 Å². The molecule has 0 bridgehead atoms. The monoisotopic (exact) mass is 278 g/mol. The van der Waals surface area contributed by atoms with E-state index < -0.39 is 0 Å². The van der Waals surface area contributed by atoms with Crippen LogP contribution in [-0.2, 0) is 11.2 Å². The first-order valence-corrected chi connectivity index (χ1v) is 7.63. The lowest BCUT2D eigenvalue weighted by Crippen LogP contribution is -2.44. The van der Waals surface area contributed by atoms with E-state index >= 15 is 0 Å². The highest BCUT2D eigenvalue weighted by molar-refractivity contribution is 5.79. The van der Waals surface area contributed by atoms with Gasteiger partial charge in [-0.15, -0.1) is 0 Å². The zero-order valence-electron chi connectivity index (χ0n) is 12.7. The third kappa shape index (κ3) is 4.37. The van der Waals surface area contributed by atoms with Crippen LogP contribution in [0.4, 0.5) is 0 Å². The Kier molecular flexibility index (Phi) is 5.24. The van der Waals surface area contributed by atoms with Crippen molar-refractivity contribution in [2.75, 3.05) is 6.54 Å². The van der Waals surface area contributed by atoms with Crippen LogP contribution < -0.4 is 10.6 Å². The average Bonchev–Trinajstić information content (AvgIpc) is 2.82. The van der Waals surface area contributed by atoms with Crippen LogP contribution in [-0.4, -0.2) is 24.5 Å². The van der Waals surface area contributed by atoms with Crippen molar-refractivity contribution in [2.24, 2.45) is 5.92 Å². The largest absolute Gasteiger partial charge is 0.466 e. The topological polar surface area (TPSA) is 54.3 Å². The molecule has 1 aliphatic rings. The van der Waals surface area contributed by atoms with Crippen LogP contribution >= 0.6 is 0 Å². The average molecular weight is 278 g/mol. The van der Waals surface area contributed by atoms with Gasteiger partial charge in [0.05, 0.1) is 0 Å². The molecule has 4 nitrogen and oxygen atoms in total. The molecular weight excluding hydrogens is 252 g/mol. The Morgan fingerprint density at radius 2 is 2.35 bits per heavy atom. The molecule has 2 rings (SSSR count). The number of amides is 1. The highest BCUT2D eigenvalue weighted by Gasteiger charge is 2.25. The molecule has 1 aromatic rings. The lowest BCUT2D eigenvalue weighted by Gasteiger charge is -2.28. The molecular formula is C16H26N2O2. The molecule has 0 saturated carbocycles. The molecule has 0 aliphatic carbocycles. The number of furan rings is 1. The molecule has 1 aliphatic heterocycles. The molecule has 112 valence electrons. The van der Waals surface area contributed by atoms with Crippen LogP contribution in [0.3, 0.4) is 0 Å². The van der Waals surface area contributed by atoms with Crippen molar-refractivity contribution in [1.82, 2.24) is 10.6 Å². The van der Waals surface area contributed by atoms with Crippen LogP contribution in [0.15, 0.2) is 16.5 Å². The number of carbonyl (C=O) groups excluding carboxylic acids is 1. The van der Waals surface area contributed by atoms with E-state index in [1.165, 1.54) is 0 Å². The van der Waals surface area contributed by atoms with Gasteiger partial charge in [-0.1, -0.05) is 0 Å². The number of hydrogen-bond donors (Lipinski definition) is 2. The molecule has 1 fully saturated rings. The Bertz CT molecular complexity index is 441. The van der Waals surface area contributed by atoms with Crippen LogP contribution in [0.5, 0.6) is 0 Å². The number of nitrogens with one attached hydrogen (secondary N) is 2. The predicted octanol–water partition coefficient (Wildman–Crippen LogP) is 2.41. The van der Waals surface area contributed by atoms with E-state index in [1.807, 2.05) is 19.1 Å². The van der Waals surface area contributed by atoms with Gasteiger partial charge < -0.3 is 15.1 Å². The van der Waals surface area contributed by atoms with E-state index in [0.717, 1.165) is 43.7 Å². The van der Waals surface area contributed by atoms with Gasteiger partial charge in [-0.05, 0) is 58.7 Å². The Morgan fingerprint density at radius 3 is 3.00 bits per heavy atom. The van der Waals surface area contributed by atoms with Gasteiger partial charge in [0.2, 0.25) is 5.91 Å². The second-order valence-electron chi connectivity index (χ2n) is 6.04. The number of rotatable bonds is 5. The van der Waals surface area contributed by atoms with Gasteiger partial charge in [0, 0.05) is 24.4 Å². The molecule has 1 saturated heterocycles. The summed E-state index contributed by atoms with van der Waals surface area (Å²) >= 11 is 0. The fourth-order valence-corrected chi connectivity index (χ4v) is 2.78. The fourth-order valence-electron chi connectivity index (χ4n) is 2.78. The minimum atomic E-state index is 0.166. The molecule has 3 atom stereocenters. The highest BCUT2D eigenvalue weighted by Crippen LogP contribution is 2.17. The third-order valence-corrected chi connectivity index (χ3v) is 4.00. The Balaban J connectivity index is 1.73. The van der Waals surface area contributed by atoms with Gasteiger partial charge in [0.15, 0.2) is 0 Å². The first-order valence-electron chi connectivity index (χ1n) is 7.63. The van der Waals surface area contributed by atoms with Gasteiger partial charge in [0.1, 0.15) is 11.5 Å². The maximum absolute atomic E-state index is 12.2. The molecule has 20 heavy (non-hydrogen) atoms. The minimum Gasteiger partial charge on any atom is -0.466 e. The van der Waals surface area contributed by atoms with Crippen molar-refractivity contribution in [3.63, 3.8) is 0 Å². The van der Waals surface area contributed by atoms with Crippen molar-refractivity contribution < 1.29 is 9.21 Å². The summed E-state index contributed by atoms with van der Waals surface area (Å²) in [7, 11) is 0. The summed E-state index contributed by atoms with van der Waals surface area (Å²) < 4.78 is 5.55. The van der Waals surface area contributed by atoms with E-state index in [2.05, 4.69) is 24.5 Å². The number of aryl methyl sites for hydroxylation is 2. The first-order chi connectivity index (χ1) is 9.54. The number of piperidine rings is 1. The summed E-state index contributed by atoms with van der Waals surface area (Å²) in [6, 6.07) is 4.63. The summed E-state index contributed by atoms with van der Waals surface area (Å²) in [5.41, 5.74) is 0. The second-order valence-corrected chi connectivity index (χ2v) is 6.04. The summed E-state index contributed by atoms with van der Waals surface area (Å²) in [5, 5.41) is 6.52. The van der Waals surface area contributed by atoms with E-state index in [-0.39, 0.29) is 17.9 Å². The van der Waals surface area contributed by atoms with Crippen LogP contribution in [0.25, 0.3) is 0 Å². The van der Waals surface area contributed by atoms with Crippen molar-refractivity contribution in [2.45, 2.75) is 58.5 Å². The second kappa shape index (κ2) is 6.93. The normalized spacial score (nSPS) is 24.4. The smallest absolute Gasteiger partial charge is 0.223 e. The van der Waals surface area contributed by atoms with Crippen molar-refractivity contribution in [3.8, 4) is 0 Å². The zero-order valence-corrected chi connectivity index (χ0v) is 12.7. The molecule has 0 radical (unpaired) electrons. The lowest BCUT2D eigenvalue weighted by atomic mass is 9.92. The highest BCUT2D eigenvalue weighted by atomic mass is 16.3. The number of carbonyl (C=O) groups is 1. The maximum Gasteiger partial charge on any atom is 0.223 e. The summed E-state index contributed by atoms with van der Waals surface area (Å²) in [6.07, 6.45) is 3.67. The molecule has 1 amide bonds. The minimum absolute atomic E-state index is 0.166. The molecule has 2 heterocycles. The van der Waals surface area contributed by atoms with Crippen molar-refractivity contribution in [1.29, 1.82) is 0 Å².